The Kier molecular flexibility index (Phi) is 6.67. The van der Waals surface area contributed by atoms with E-state index < -0.39 is 0 Å². The van der Waals surface area contributed by atoms with Crippen molar-refractivity contribution in [1.29, 1.82) is 0 Å². The predicted octanol–water partition coefficient (Wildman–Crippen LogP) is 5.14. The molecule has 0 aliphatic rings. The Morgan fingerprint density at radius 2 is 1.38 bits per heavy atom. The highest BCUT2D eigenvalue weighted by atomic mass is 32.2. The van der Waals surface area contributed by atoms with E-state index in [9.17, 15) is 9.59 Å². The zero-order valence-corrected chi connectivity index (χ0v) is 18.2. The van der Waals surface area contributed by atoms with E-state index in [4.69, 9.17) is 4.98 Å². The second kappa shape index (κ2) is 9.98. The van der Waals surface area contributed by atoms with Gasteiger partial charge in [0.05, 0.1) is 5.75 Å². The molecule has 0 fully saturated rings. The fraction of sp³-hybridized carbons (Fsp3) is 0.0800. The zero-order chi connectivity index (χ0) is 22.3. The number of nitrogens with zero attached hydrogens (tertiary/aromatic N) is 3. The maximum atomic E-state index is 12.6. The monoisotopic (exact) mass is 440 g/mol. The molecule has 1 aromatic heterocycles. The minimum atomic E-state index is -0.155. The predicted molar refractivity (Wildman–Crippen MR) is 126 cm³/mol. The molecule has 0 aliphatic heterocycles. The number of amides is 1. The van der Waals surface area contributed by atoms with Crippen LogP contribution in [-0.4, -0.2) is 32.6 Å². The maximum Gasteiger partial charge on any atom is 0.221 e. The minimum Gasteiger partial charge on any atom is -0.326 e. The second-order valence-corrected chi connectivity index (χ2v) is 7.94. The Hall–Kier alpha value is -3.84. The average Bonchev–Trinajstić information content (AvgIpc) is 2.83. The normalized spacial score (nSPS) is 10.5. The summed E-state index contributed by atoms with van der Waals surface area (Å²) in [5.41, 5.74) is 4.49. The summed E-state index contributed by atoms with van der Waals surface area (Å²) in [6.07, 6.45) is 0. The molecule has 0 radical (unpaired) electrons. The van der Waals surface area contributed by atoms with Crippen LogP contribution in [0.1, 0.15) is 17.3 Å². The number of aromatic nitrogens is 3. The van der Waals surface area contributed by atoms with Crippen molar-refractivity contribution >= 4 is 29.1 Å². The van der Waals surface area contributed by atoms with Crippen molar-refractivity contribution in [2.75, 3.05) is 11.1 Å². The Bertz CT molecular complexity index is 1230. The first kappa shape index (κ1) is 21.4. The molecule has 7 heteroatoms. The zero-order valence-electron chi connectivity index (χ0n) is 17.4. The highest BCUT2D eigenvalue weighted by molar-refractivity contribution is 7.99. The van der Waals surface area contributed by atoms with Gasteiger partial charge in [0, 0.05) is 29.3 Å². The van der Waals surface area contributed by atoms with Crippen LogP contribution in [0.2, 0.25) is 0 Å². The van der Waals surface area contributed by atoms with Crippen LogP contribution >= 0.6 is 11.8 Å². The number of hydrogen-bond acceptors (Lipinski definition) is 6. The van der Waals surface area contributed by atoms with Gasteiger partial charge in [-0.3, -0.25) is 9.59 Å². The third-order valence-corrected chi connectivity index (χ3v) is 5.46. The molecular weight excluding hydrogens is 420 g/mol. The quantitative estimate of drug-likeness (QED) is 0.316. The van der Waals surface area contributed by atoms with Crippen molar-refractivity contribution in [2.45, 2.75) is 12.1 Å². The minimum absolute atomic E-state index is 0.0543. The maximum absolute atomic E-state index is 12.6. The van der Waals surface area contributed by atoms with Crippen LogP contribution in [0.25, 0.3) is 22.5 Å². The molecule has 0 atom stereocenters. The van der Waals surface area contributed by atoms with E-state index in [0.717, 1.165) is 16.8 Å². The van der Waals surface area contributed by atoms with Crippen LogP contribution in [0.15, 0.2) is 90.1 Å². The molecule has 1 amide bonds. The van der Waals surface area contributed by atoms with Gasteiger partial charge in [0.1, 0.15) is 11.4 Å². The van der Waals surface area contributed by atoms with Crippen molar-refractivity contribution in [1.82, 2.24) is 15.2 Å². The highest BCUT2D eigenvalue weighted by Crippen LogP contribution is 2.29. The number of hydrogen-bond donors (Lipinski definition) is 1. The molecule has 1 N–H and O–H groups in total. The first-order valence-electron chi connectivity index (χ1n) is 9.99. The first-order chi connectivity index (χ1) is 15.6. The van der Waals surface area contributed by atoms with Gasteiger partial charge in [-0.15, -0.1) is 10.2 Å². The van der Waals surface area contributed by atoms with Gasteiger partial charge in [-0.1, -0.05) is 72.4 Å². The van der Waals surface area contributed by atoms with E-state index in [1.807, 2.05) is 60.7 Å². The summed E-state index contributed by atoms with van der Waals surface area (Å²) in [5.74, 6) is -0.0288. The lowest BCUT2D eigenvalue weighted by molar-refractivity contribution is -0.114. The molecule has 3 aromatic carbocycles. The molecule has 4 rings (SSSR count). The van der Waals surface area contributed by atoms with Crippen molar-refractivity contribution in [3.05, 3.63) is 90.5 Å². The number of rotatable bonds is 7. The molecule has 1 heterocycles. The SMILES string of the molecule is CC(=O)Nc1ccc(C(=O)CSc2nnc(-c3ccccc3)c(-c3ccccc3)n2)cc1. The Morgan fingerprint density at radius 3 is 1.97 bits per heavy atom. The largest absolute Gasteiger partial charge is 0.326 e. The molecule has 6 nitrogen and oxygen atoms in total. The highest BCUT2D eigenvalue weighted by Gasteiger charge is 2.15. The van der Waals surface area contributed by atoms with Crippen molar-refractivity contribution in [3.63, 3.8) is 0 Å². The number of carbonyl (C=O) groups is 2. The van der Waals surface area contributed by atoms with Gasteiger partial charge >= 0.3 is 0 Å². The lowest BCUT2D eigenvalue weighted by Crippen LogP contribution is -2.07. The number of anilines is 1. The number of carbonyl (C=O) groups excluding carboxylic acids is 2. The van der Waals surface area contributed by atoms with E-state index >= 15 is 0 Å². The fourth-order valence-corrected chi connectivity index (χ4v) is 3.80. The van der Waals surface area contributed by atoms with Crippen LogP contribution in [0.3, 0.4) is 0 Å². The van der Waals surface area contributed by atoms with E-state index in [0.29, 0.717) is 22.1 Å². The summed E-state index contributed by atoms with van der Waals surface area (Å²) in [7, 11) is 0. The lowest BCUT2D eigenvalue weighted by Gasteiger charge is -2.09. The van der Waals surface area contributed by atoms with Gasteiger partial charge in [0.2, 0.25) is 11.1 Å². The van der Waals surface area contributed by atoms with Crippen LogP contribution in [0, 0.1) is 0 Å². The molecule has 4 aromatic rings. The van der Waals surface area contributed by atoms with Crippen LogP contribution < -0.4 is 5.32 Å². The van der Waals surface area contributed by atoms with Crippen molar-refractivity contribution in [3.8, 4) is 22.5 Å². The van der Waals surface area contributed by atoms with Crippen LogP contribution in [0.4, 0.5) is 5.69 Å². The molecule has 0 unspecified atom stereocenters. The standard InChI is InChI=1S/C25H20N4O2S/c1-17(30)26-21-14-12-18(13-15-21)22(31)16-32-25-27-23(19-8-4-2-5-9-19)24(28-29-25)20-10-6-3-7-11-20/h2-15H,16H2,1H3,(H,26,30). The topological polar surface area (TPSA) is 84.8 Å². The van der Waals surface area contributed by atoms with Crippen molar-refractivity contribution in [2.24, 2.45) is 0 Å². The fourth-order valence-electron chi connectivity index (χ4n) is 3.12. The summed E-state index contributed by atoms with van der Waals surface area (Å²) in [5, 5.41) is 11.8. The Balaban J connectivity index is 1.54. The average molecular weight is 441 g/mol. The summed E-state index contributed by atoms with van der Waals surface area (Å²) >= 11 is 1.25. The summed E-state index contributed by atoms with van der Waals surface area (Å²) < 4.78 is 0. The number of benzene rings is 3. The summed E-state index contributed by atoms with van der Waals surface area (Å²) in [6, 6.07) is 26.4. The summed E-state index contributed by atoms with van der Waals surface area (Å²) in [4.78, 5) is 28.5. The van der Waals surface area contributed by atoms with Crippen LogP contribution in [-0.2, 0) is 4.79 Å². The molecular formula is C25H20N4O2S. The molecule has 0 bridgehead atoms. The van der Waals surface area contributed by atoms with Crippen molar-refractivity contribution < 1.29 is 9.59 Å². The number of ketones is 1. The first-order valence-corrected chi connectivity index (χ1v) is 11.0. The van der Waals surface area contributed by atoms with E-state index in [2.05, 4.69) is 15.5 Å². The third kappa shape index (κ3) is 5.25. The van der Waals surface area contributed by atoms with Crippen LogP contribution in [0.5, 0.6) is 0 Å². The lowest BCUT2D eigenvalue weighted by atomic mass is 10.0. The number of nitrogens with one attached hydrogen (secondary N) is 1. The molecule has 32 heavy (non-hydrogen) atoms. The third-order valence-electron chi connectivity index (χ3n) is 4.62. The smallest absolute Gasteiger partial charge is 0.221 e. The van der Waals surface area contributed by atoms with E-state index in [1.54, 1.807) is 24.3 Å². The number of thioether (sulfide) groups is 1. The molecule has 0 saturated heterocycles. The van der Waals surface area contributed by atoms with Gasteiger partial charge in [-0.05, 0) is 24.3 Å². The summed E-state index contributed by atoms with van der Waals surface area (Å²) in [6.45, 7) is 1.44. The van der Waals surface area contributed by atoms with Gasteiger partial charge in [0.25, 0.3) is 0 Å². The van der Waals surface area contributed by atoms with Gasteiger partial charge in [-0.2, -0.15) is 0 Å². The molecule has 0 saturated carbocycles. The molecule has 158 valence electrons. The van der Waals surface area contributed by atoms with Gasteiger partial charge < -0.3 is 5.32 Å². The van der Waals surface area contributed by atoms with E-state index in [-0.39, 0.29) is 17.4 Å². The Labute approximate surface area is 190 Å². The number of Topliss-reactive ketones (excluding diaryl/α,β-unsaturated/α-hetero) is 1. The Morgan fingerprint density at radius 1 is 0.781 bits per heavy atom. The molecule has 0 aliphatic carbocycles. The van der Waals surface area contributed by atoms with Gasteiger partial charge in [0.15, 0.2) is 5.78 Å². The van der Waals surface area contributed by atoms with Gasteiger partial charge in [-0.25, -0.2) is 4.98 Å². The molecule has 0 spiro atoms. The second-order valence-electron chi connectivity index (χ2n) is 6.99. The van der Waals surface area contributed by atoms with E-state index in [1.165, 1.54) is 18.7 Å².